The molecule has 1 aromatic rings. The van der Waals surface area contributed by atoms with Crippen LogP contribution in [0.4, 0.5) is 0 Å². The molecule has 1 N–H and O–H groups in total. The lowest BCUT2D eigenvalue weighted by atomic mass is 9.81. The van der Waals surface area contributed by atoms with E-state index in [9.17, 15) is 0 Å². The maximum Gasteiger partial charge on any atom is 0.0207 e. The van der Waals surface area contributed by atoms with Crippen LogP contribution in [-0.4, -0.2) is 6.04 Å². The van der Waals surface area contributed by atoms with E-state index in [1.165, 1.54) is 31.2 Å². The van der Waals surface area contributed by atoms with Crippen LogP contribution < -0.4 is 5.32 Å². The van der Waals surface area contributed by atoms with E-state index < -0.39 is 0 Å². The average Bonchev–Trinajstić information content (AvgIpc) is 2.22. The molecule has 15 heavy (non-hydrogen) atoms. The Morgan fingerprint density at radius 2 is 2.00 bits per heavy atom. The standard InChI is InChI=1S/C14H21N/c1-12(10-13-8-5-9-13)15-11-14-6-3-2-4-7-14/h2-4,6-7,12-13,15H,5,8-11H2,1H3. The maximum atomic E-state index is 3.60. The van der Waals surface area contributed by atoms with Gasteiger partial charge in [-0.2, -0.15) is 0 Å². The van der Waals surface area contributed by atoms with Crippen molar-refractivity contribution in [3.05, 3.63) is 35.9 Å². The SMILES string of the molecule is CC(CC1CCC1)NCc1ccccc1. The quantitative estimate of drug-likeness (QED) is 0.773. The van der Waals surface area contributed by atoms with Crippen molar-refractivity contribution >= 4 is 0 Å². The van der Waals surface area contributed by atoms with Crippen molar-refractivity contribution in [2.75, 3.05) is 0 Å². The molecule has 1 heteroatoms. The van der Waals surface area contributed by atoms with Gasteiger partial charge in [0, 0.05) is 12.6 Å². The third kappa shape index (κ3) is 3.35. The zero-order valence-corrected chi connectivity index (χ0v) is 9.58. The normalized spacial score (nSPS) is 18.5. The van der Waals surface area contributed by atoms with Gasteiger partial charge >= 0.3 is 0 Å². The van der Waals surface area contributed by atoms with E-state index in [4.69, 9.17) is 0 Å². The van der Waals surface area contributed by atoms with Crippen LogP contribution in [0.1, 0.15) is 38.2 Å². The van der Waals surface area contributed by atoms with E-state index in [0.29, 0.717) is 6.04 Å². The second-order valence-corrected chi connectivity index (χ2v) is 4.80. The van der Waals surface area contributed by atoms with Gasteiger partial charge in [0.15, 0.2) is 0 Å². The molecule has 1 aliphatic rings. The van der Waals surface area contributed by atoms with Crippen LogP contribution in [0.2, 0.25) is 0 Å². The van der Waals surface area contributed by atoms with Crippen LogP contribution in [0.15, 0.2) is 30.3 Å². The first-order chi connectivity index (χ1) is 7.34. The maximum absolute atomic E-state index is 3.60. The molecule has 0 radical (unpaired) electrons. The summed E-state index contributed by atoms with van der Waals surface area (Å²) in [5, 5.41) is 3.60. The van der Waals surface area contributed by atoms with E-state index >= 15 is 0 Å². The summed E-state index contributed by atoms with van der Waals surface area (Å²) in [5.41, 5.74) is 1.39. The summed E-state index contributed by atoms with van der Waals surface area (Å²) in [5.74, 6) is 1.00. The van der Waals surface area contributed by atoms with Gasteiger partial charge in [0.1, 0.15) is 0 Å². The Morgan fingerprint density at radius 3 is 2.60 bits per heavy atom. The van der Waals surface area contributed by atoms with Crippen LogP contribution in [0, 0.1) is 5.92 Å². The molecule has 1 unspecified atom stereocenters. The molecule has 2 rings (SSSR count). The van der Waals surface area contributed by atoms with Gasteiger partial charge in [0.25, 0.3) is 0 Å². The fraction of sp³-hybridized carbons (Fsp3) is 0.571. The zero-order chi connectivity index (χ0) is 10.5. The summed E-state index contributed by atoms with van der Waals surface area (Å²) >= 11 is 0. The first kappa shape index (κ1) is 10.7. The second kappa shape index (κ2) is 5.32. The molecule has 0 heterocycles. The Labute approximate surface area is 92.9 Å². The van der Waals surface area contributed by atoms with Gasteiger partial charge in [-0.1, -0.05) is 49.6 Å². The lowest BCUT2D eigenvalue weighted by Gasteiger charge is -2.28. The van der Waals surface area contributed by atoms with Crippen LogP contribution >= 0.6 is 0 Å². The van der Waals surface area contributed by atoms with Gasteiger partial charge in [-0.3, -0.25) is 0 Å². The fourth-order valence-electron chi connectivity index (χ4n) is 2.20. The van der Waals surface area contributed by atoms with Crippen molar-refractivity contribution in [1.82, 2.24) is 5.32 Å². The molecule has 0 aromatic heterocycles. The molecule has 0 aliphatic heterocycles. The van der Waals surface area contributed by atoms with E-state index in [0.717, 1.165) is 12.5 Å². The van der Waals surface area contributed by atoms with Crippen molar-refractivity contribution in [3.8, 4) is 0 Å². The Bertz CT molecular complexity index is 277. The molecule has 0 saturated heterocycles. The third-order valence-corrected chi connectivity index (χ3v) is 3.41. The zero-order valence-electron chi connectivity index (χ0n) is 9.58. The highest BCUT2D eigenvalue weighted by Gasteiger charge is 2.19. The Kier molecular flexibility index (Phi) is 3.79. The minimum absolute atomic E-state index is 0.663. The molecule has 1 aromatic carbocycles. The second-order valence-electron chi connectivity index (χ2n) is 4.80. The number of hydrogen-bond acceptors (Lipinski definition) is 1. The first-order valence-corrected chi connectivity index (χ1v) is 6.12. The number of nitrogens with one attached hydrogen (secondary N) is 1. The van der Waals surface area contributed by atoms with Gasteiger partial charge in [-0.05, 0) is 24.8 Å². The predicted octanol–water partition coefficient (Wildman–Crippen LogP) is 3.35. The van der Waals surface area contributed by atoms with Crippen molar-refractivity contribution in [1.29, 1.82) is 0 Å². The molecule has 0 amide bonds. The van der Waals surface area contributed by atoms with Gasteiger partial charge in [0.2, 0.25) is 0 Å². The molecule has 1 nitrogen and oxygen atoms in total. The van der Waals surface area contributed by atoms with Crippen LogP contribution in [-0.2, 0) is 6.54 Å². The molecule has 1 fully saturated rings. The number of rotatable bonds is 5. The predicted molar refractivity (Wildman–Crippen MR) is 64.7 cm³/mol. The molecular formula is C14H21N. The molecule has 1 atom stereocenters. The summed E-state index contributed by atoms with van der Waals surface area (Å²) < 4.78 is 0. The smallest absolute Gasteiger partial charge is 0.0207 e. The van der Waals surface area contributed by atoms with E-state index in [2.05, 4.69) is 42.6 Å². The third-order valence-electron chi connectivity index (χ3n) is 3.41. The molecular weight excluding hydrogens is 182 g/mol. The van der Waals surface area contributed by atoms with Gasteiger partial charge in [-0.25, -0.2) is 0 Å². The lowest BCUT2D eigenvalue weighted by Crippen LogP contribution is -2.29. The monoisotopic (exact) mass is 203 g/mol. The molecule has 1 aliphatic carbocycles. The summed E-state index contributed by atoms with van der Waals surface area (Å²) in [4.78, 5) is 0. The Balaban J connectivity index is 1.68. The average molecular weight is 203 g/mol. The Hall–Kier alpha value is -0.820. The summed E-state index contributed by atoms with van der Waals surface area (Å²) in [6.45, 7) is 3.32. The van der Waals surface area contributed by atoms with Gasteiger partial charge < -0.3 is 5.32 Å². The van der Waals surface area contributed by atoms with E-state index in [1.54, 1.807) is 0 Å². The summed E-state index contributed by atoms with van der Waals surface area (Å²) in [6.07, 6.45) is 5.72. The highest BCUT2D eigenvalue weighted by molar-refractivity contribution is 5.14. The minimum Gasteiger partial charge on any atom is -0.310 e. The van der Waals surface area contributed by atoms with Gasteiger partial charge in [0.05, 0.1) is 0 Å². The topological polar surface area (TPSA) is 12.0 Å². The number of benzene rings is 1. The van der Waals surface area contributed by atoms with Crippen molar-refractivity contribution in [2.24, 2.45) is 5.92 Å². The lowest BCUT2D eigenvalue weighted by molar-refractivity contribution is 0.265. The van der Waals surface area contributed by atoms with Crippen LogP contribution in [0.3, 0.4) is 0 Å². The fourth-order valence-corrected chi connectivity index (χ4v) is 2.20. The molecule has 1 saturated carbocycles. The highest BCUT2D eigenvalue weighted by Crippen LogP contribution is 2.30. The largest absolute Gasteiger partial charge is 0.310 e. The van der Waals surface area contributed by atoms with E-state index in [1.807, 2.05) is 0 Å². The minimum atomic E-state index is 0.663. The molecule has 82 valence electrons. The van der Waals surface area contributed by atoms with Crippen molar-refractivity contribution < 1.29 is 0 Å². The summed E-state index contributed by atoms with van der Waals surface area (Å²) in [6, 6.07) is 11.3. The number of hydrogen-bond donors (Lipinski definition) is 1. The van der Waals surface area contributed by atoms with Crippen molar-refractivity contribution in [3.63, 3.8) is 0 Å². The van der Waals surface area contributed by atoms with Crippen LogP contribution in [0.25, 0.3) is 0 Å². The van der Waals surface area contributed by atoms with Crippen LogP contribution in [0.5, 0.6) is 0 Å². The molecule has 0 spiro atoms. The van der Waals surface area contributed by atoms with E-state index in [-0.39, 0.29) is 0 Å². The first-order valence-electron chi connectivity index (χ1n) is 6.12. The highest BCUT2D eigenvalue weighted by atomic mass is 14.9. The van der Waals surface area contributed by atoms with Crippen molar-refractivity contribution in [2.45, 2.75) is 45.2 Å². The summed E-state index contributed by atoms with van der Waals surface area (Å²) in [7, 11) is 0. The van der Waals surface area contributed by atoms with Gasteiger partial charge in [-0.15, -0.1) is 0 Å². The Morgan fingerprint density at radius 1 is 1.27 bits per heavy atom. The molecule has 0 bridgehead atoms.